The van der Waals surface area contributed by atoms with E-state index >= 15 is 0 Å². The SMILES string of the molecule is Cc1cccc(NCc2nc(C(C)(C)C)cs2)c1C. The minimum Gasteiger partial charge on any atom is -0.378 e. The van der Waals surface area contributed by atoms with Crippen molar-refractivity contribution in [3.05, 3.63) is 45.4 Å². The van der Waals surface area contributed by atoms with Crippen molar-refractivity contribution in [3.8, 4) is 0 Å². The Morgan fingerprint density at radius 3 is 2.58 bits per heavy atom. The first-order valence-corrected chi connectivity index (χ1v) is 7.51. The molecule has 19 heavy (non-hydrogen) atoms. The second-order valence-corrected chi connectivity index (χ2v) is 6.92. The molecule has 0 saturated carbocycles. The van der Waals surface area contributed by atoms with Crippen LogP contribution in [0.25, 0.3) is 0 Å². The fourth-order valence-electron chi connectivity index (χ4n) is 1.85. The molecule has 1 aromatic carbocycles. The van der Waals surface area contributed by atoms with Gasteiger partial charge in [-0.25, -0.2) is 4.98 Å². The summed E-state index contributed by atoms with van der Waals surface area (Å²) in [5, 5.41) is 6.79. The van der Waals surface area contributed by atoms with Crippen molar-refractivity contribution in [2.45, 2.75) is 46.6 Å². The van der Waals surface area contributed by atoms with E-state index in [0.29, 0.717) is 0 Å². The van der Waals surface area contributed by atoms with Crippen molar-refractivity contribution in [2.24, 2.45) is 0 Å². The van der Waals surface area contributed by atoms with Crippen LogP contribution in [0.1, 0.15) is 42.6 Å². The van der Waals surface area contributed by atoms with E-state index in [1.54, 1.807) is 11.3 Å². The molecule has 1 aromatic heterocycles. The summed E-state index contributed by atoms with van der Waals surface area (Å²) in [6.45, 7) is 11.7. The summed E-state index contributed by atoms with van der Waals surface area (Å²) in [5.74, 6) is 0. The zero-order valence-electron chi connectivity index (χ0n) is 12.4. The van der Waals surface area contributed by atoms with Crippen LogP contribution in [0.15, 0.2) is 23.6 Å². The van der Waals surface area contributed by atoms with Crippen LogP contribution in [0, 0.1) is 13.8 Å². The highest BCUT2D eigenvalue weighted by atomic mass is 32.1. The summed E-state index contributed by atoms with van der Waals surface area (Å²) >= 11 is 1.73. The van der Waals surface area contributed by atoms with Crippen LogP contribution < -0.4 is 5.32 Å². The maximum absolute atomic E-state index is 4.70. The molecule has 0 spiro atoms. The molecular formula is C16H22N2S. The molecule has 0 fully saturated rings. The van der Waals surface area contributed by atoms with Crippen molar-refractivity contribution < 1.29 is 0 Å². The Bertz CT molecular complexity index is 564. The summed E-state index contributed by atoms with van der Waals surface area (Å²) in [7, 11) is 0. The third-order valence-corrected chi connectivity index (χ3v) is 4.20. The Kier molecular flexibility index (Phi) is 3.95. The average Bonchev–Trinajstić information content (AvgIpc) is 2.79. The van der Waals surface area contributed by atoms with Crippen molar-refractivity contribution in [2.75, 3.05) is 5.32 Å². The van der Waals surface area contributed by atoms with Crippen LogP contribution in [0.2, 0.25) is 0 Å². The number of aryl methyl sites for hydroxylation is 1. The van der Waals surface area contributed by atoms with Gasteiger partial charge in [-0.3, -0.25) is 0 Å². The fourth-order valence-corrected chi connectivity index (χ4v) is 2.81. The van der Waals surface area contributed by atoms with E-state index in [1.807, 2.05) is 0 Å². The van der Waals surface area contributed by atoms with E-state index in [-0.39, 0.29) is 5.41 Å². The third-order valence-electron chi connectivity index (χ3n) is 3.35. The highest BCUT2D eigenvalue weighted by molar-refractivity contribution is 7.09. The molecule has 0 aliphatic rings. The second-order valence-electron chi connectivity index (χ2n) is 5.98. The molecule has 0 saturated heterocycles. The molecule has 102 valence electrons. The second kappa shape index (κ2) is 5.33. The van der Waals surface area contributed by atoms with Gasteiger partial charge in [0, 0.05) is 16.5 Å². The molecular weight excluding hydrogens is 252 g/mol. The zero-order chi connectivity index (χ0) is 14.0. The van der Waals surface area contributed by atoms with Gasteiger partial charge in [0.25, 0.3) is 0 Å². The molecule has 0 unspecified atom stereocenters. The van der Waals surface area contributed by atoms with Crippen molar-refractivity contribution >= 4 is 17.0 Å². The lowest BCUT2D eigenvalue weighted by molar-refractivity contribution is 0.571. The van der Waals surface area contributed by atoms with Gasteiger partial charge < -0.3 is 5.32 Å². The van der Waals surface area contributed by atoms with Gasteiger partial charge in [-0.15, -0.1) is 11.3 Å². The van der Waals surface area contributed by atoms with E-state index in [4.69, 9.17) is 4.98 Å². The van der Waals surface area contributed by atoms with Crippen LogP contribution in [0.5, 0.6) is 0 Å². The zero-order valence-corrected chi connectivity index (χ0v) is 13.2. The molecule has 0 amide bonds. The van der Waals surface area contributed by atoms with E-state index in [2.05, 4.69) is 63.5 Å². The predicted molar refractivity (Wildman–Crippen MR) is 84.1 cm³/mol. The first-order valence-electron chi connectivity index (χ1n) is 6.63. The van der Waals surface area contributed by atoms with Gasteiger partial charge in [-0.1, -0.05) is 32.9 Å². The Labute approximate surface area is 119 Å². The number of aromatic nitrogens is 1. The molecule has 0 aliphatic carbocycles. The maximum atomic E-state index is 4.70. The van der Waals surface area contributed by atoms with Gasteiger partial charge >= 0.3 is 0 Å². The van der Waals surface area contributed by atoms with Crippen LogP contribution in [0.4, 0.5) is 5.69 Å². The monoisotopic (exact) mass is 274 g/mol. The largest absolute Gasteiger partial charge is 0.378 e. The molecule has 3 heteroatoms. The van der Waals surface area contributed by atoms with Gasteiger partial charge in [-0.2, -0.15) is 0 Å². The van der Waals surface area contributed by atoms with Gasteiger partial charge in [0.2, 0.25) is 0 Å². The molecule has 0 atom stereocenters. The molecule has 0 bridgehead atoms. The predicted octanol–water partition coefficient (Wildman–Crippen LogP) is 4.67. The van der Waals surface area contributed by atoms with Crippen molar-refractivity contribution in [3.63, 3.8) is 0 Å². The molecule has 2 nitrogen and oxygen atoms in total. The number of anilines is 1. The summed E-state index contributed by atoms with van der Waals surface area (Å²) in [6.07, 6.45) is 0. The van der Waals surface area contributed by atoms with Crippen LogP contribution in [-0.4, -0.2) is 4.98 Å². The summed E-state index contributed by atoms with van der Waals surface area (Å²) in [5.41, 5.74) is 5.14. The molecule has 1 N–H and O–H groups in total. The topological polar surface area (TPSA) is 24.9 Å². The number of benzene rings is 1. The van der Waals surface area contributed by atoms with Gasteiger partial charge in [0.1, 0.15) is 5.01 Å². The van der Waals surface area contributed by atoms with Crippen LogP contribution in [-0.2, 0) is 12.0 Å². The first-order chi connectivity index (χ1) is 8.88. The standard InChI is InChI=1S/C16H22N2S/c1-11-7-6-8-13(12(11)2)17-9-15-18-14(10-19-15)16(3,4)5/h6-8,10,17H,9H2,1-5H3. The molecule has 0 aliphatic heterocycles. The van der Waals surface area contributed by atoms with E-state index < -0.39 is 0 Å². The number of thiazole rings is 1. The van der Waals surface area contributed by atoms with Gasteiger partial charge in [0.05, 0.1) is 12.2 Å². The minimum absolute atomic E-state index is 0.133. The Hall–Kier alpha value is -1.35. The van der Waals surface area contributed by atoms with E-state index in [1.165, 1.54) is 22.5 Å². The highest BCUT2D eigenvalue weighted by Gasteiger charge is 2.17. The van der Waals surface area contributed by atoms with Crippen LogP contribution >= 0.6 is 11.3 Å². The number of nitrogens with zero attached hydrogens (tertiary/aromatic N) is 1. The molecule has 0 radical (unpaired) electrons. The van der Waals surface area contributed by atoms with Gasteiger partial charge in [0.15, 0.2) is 0 Å². The maximum Gasteiger partial charge on any atom is 0.112 e. The lowest BCUT2D eigenvalue weighted by Crippen LogP contribution is -2.12. The Morgan fingerprint density at radius 1 is 1.21 bits per heavy atom. The minimum atomic E-state index is 0.133. The first kappa shape index (κ1) is 14.1. The fraction of sp³-hybridized carbons (Fsp3) is 0.438. The average molecular weight is 274 g/mol. The van der Waals surface area contributed by atoms with Crippen molar-refractivity contribution in [1.29, 1.82) is 0 Å². The number of nitrogens with one attached hydrogen (secondary N) is 1. The van der Waals surface area contributed by atoms with Crippen LogP contribution in [0.3, 0.4) is 0 Å². The summed E-state index contributed by atoms with van der Waals surface area (Å²) < 4.78 is 0. The third kappa shape index (κ3) is 3.35. The highest BCUT2D eigenvalue weighted by Crippen LogP contribution is 2.25. The Morgan fingerprint density at radius 2 is 1.95 bits per heavy atom. The Balaban J connectivity index is 2.07. The summed E-state index contributed by atoms with van der Waals surface area (Å²) in [4.78, 5) is 4.70. The normalized spacial score (nSPS) is 11.6. The van der Waals surface area contributed by atoms with E-state index in [0.717, 1.165) is 11.6 Å². The number of hydrogen-bond acceptors (Lipinski definition) is 3. The smallest absolute Gasteiger partial charge is 0.112 e. The van der Waals surface area contributed by atoms with Crippen molar-refractivity contribution in [1.82, 2.24) is 4.98 Å². The lowest BCUT2D eigenvalue weighted by Gasteiger charge is -2.14. The quantitative estimate of drug-likeness (QED) is 0.879. The van der Waals surface area contributed by atoms with E-state index in [9.17, 15) is 0 Å². The van der Waals surface area contributed by atoms with Gasteiger partial charge in [-0.05, 0) is 31.0 Å². The summed E-state index contributed by atoms with van der Waals surface area (Å²) in [6, 6.07) is 6.36. The molecule has 2 aromatic rings. The number of rotatable bonds is 3. The molecule has 2 rings (SSSR count). The molecule has 1 heterocycles. The lowest BCUT2D eigenvalue weighted by atomic mass is 9.93. The number of hydrogen-bond donors (Lipinski definition) is 1.